The number of likely N-dealkylation sites (tertiary alicyclic amines) is 1. The maximum atomic E-state index is 12.8. The summed E-state index contributed by atoms with van der Waals surface area (Å²) in [6.45, 7) is 11.2. The molecule has 1 fully saturated rings. The Morgan fingerprint density at radius 2 is 1.91 bits per heavy atom. The summed E-state index contributed by atoms with van der Waals surface area (Å²) in [5.74, 6) is 2.06. The lowest BCUT2D eigenvalue weighted by Gasteiger charge is -2.30. The van der Waals surface area contributed by atoms with Gasteiger partial charge in [0.1, 0.15) is 11.6 Å². The Hall–Kier alpha value is -2.55. The number of thioether (sulfide) groups is 1. The molecule has 9 heteroatoms. The first-order valence-corrected chi connectivity index (χ1v) is 12.2. The fraction of sp³-hybridized carbons (Fsp3) is 0.565. The van der Waals surface area contributed by atoms with E-state index in [2.05, 4.69) is 28.7 Å². The van der Waals surface area contributed by atoms with Gasteiger partial charge in [-0.3, -0.25) is 9.59 Å². The molecule has 0 atom stereocenters. The van der Waals surface area contributed by atoms with Gasteiger partial charge in [-0.2, -0.15) is 0 Å². The van der Waals surface area contributed by atoms with Crippen molar-refractivity contribution in [3.05, 3.63) is 35.4 Å². The zero-order valence-corrected chi connectivity index (χ0v) is 20.1. The number of hydrogen-bond donors (Lipinski definition) is 0. The van der Waals surface area contributed by atoms with Gasteiger partial charge in [0, 0.05) is 37.9 Å². The fourth-order valence-corrected chi connectivity index (χ4v) is 4.53. The molecule has 2 aromatic rings. The molecule has 1 aliphatic heterocycles. The number of esters is 1. The van der Waals surface area contributed by atoms with Gasteiger partial charge in [0.15, 0.2) is 10.9 Å². The van der Waals surface area contributed by atoms with Crippen LogP contribution < -0.4 is 4.90 Å². The average molecular weight is 461 g/mol. The van der Waals surface area contributed by atoms with E-state index in [0.717, 1.165) is 24.6 Å². The van der Waals surface area contributed by atoms with Crippen LogP contribution in [0.3, 0.4) is 0 Å². The Bertz CT molecular complexity index is 920. The van der Waals surface area contributed by atoms with E-state index in [0.29, 0.717) is 55.0 Å². The minimum atomic E-state index is -0.167. The number of rotatable bonds is 9. The molecule has 3 rings (SSSR count). The zero-order valence-electron chi connectivity index (χ0n) is 19.3. The molecular weight excluding hydrogens is 428 g/mol. The van der Waals surface area contributed by atoms with Gasteiger partial charge in [-0.1, -0.05) is 11.8 Å². The van der Waals surface area contributed by atoms with Crippen molar-refractivity contribution >= 4 is 29.5 Å². The zero-order chi connectivity index (χ0) is 23.1. The van der Waals surface area contributed by atoms with Crippen molar-refractivity contribution in [1.29, 1.82) is 0 Å². The summed E-state index contributed by atoms with van der Waals surface area (Å²) in [6, 6.07) is 5.53. The van der Waals surface area contributed by atoms with Crippen molar-refractivity contribution in [2.45, 2.75) is 51.4 Å². The maximum absolute atomic E-state index is 12.8. The van der Waals surface area contributed by atoms with Crippen LogP contribution in [0, 0.1) is 12.8 Å². The van der Waals surface area contributed by atoms with E-state index < -0.39 is 0 Å². The summed E-state index contributed by atoms with van der Waals surface area (Å²) in [5, 5.41) is 0.692. The van der Waals surface area contributed by atoms with Crippen LogP contribution in [0.1, 0.15) is 55.6 Å². The molecule has 0 saturated carbocycles. The third-order valence-corrected chi connectivity index (χ3v) is 6.40. The molecule has 32 heavy (non-hydrogen) atoms. The Kier molecular flexibility index (Phi) is 8.55. The smallest absolute Gasteiger partial charge is 0.309 e. The standard InChI is InChI=1S/C23H32N4O4S/c1-5-26(6-2)20-14-16(4)24-23(25-20)32-15-18-8-9-19(31-18)21(28)27-12-10-17(11-13-27)22(29)30-7-3/h8-9,14,17H,5-7,10-13,15H2,1-4H3. The number of carbonyl (C=O) groups excluding carboxylic acids is 2. The van der Waals surface area contributed by atoms with Gasteiger partial charge in [-0.25, -0.2) is 9.97 Å². The summed E-state index contributed by atoms with van der Waals surface area (Å²) in [4.78, 5) is 37.8. The highest BCUT2D eigenvalue weighted by Gasteiger charge is 2.29. The van der Waals surface area contributed by atoms with E-state index in [4.69, 9.17) is 9.15 Å². The van der Waals surface area contributed by atoms with Gasteiger partial charge in [-0.05, 0) is 52.7 Å². The number of hydrogen-bond acceptors (Lipinski definition) is 8. The molecule has 0 aromatic carbocycles. The predicted octanol–water partition coefficient (Wildman–Crippen LogP) is 3.93. The summed E-state index contributed by atoms with van der Waals surface area (Å²) >= 11 is 1.49. The predicted molar refractivity (Wildman–Crippen MR) is 124 cm³/mol. The first-order valence-electron chi connectivity index (χ1n) is 11.2. The van der Waals surface area contributed by atoms with E-state index in [9.17, 15) is 9.59 Å². The molecule has 1 amide bonds. The molecule has 1 saturated heterocycles. The third kappa shape index (κ3) is 6.03. The molecule has 0 radical (unpaired) electrons. The molecule has 2 aromatic heterocycles. The van der Waals surface area contributed by atoms with E-state index in [-0.39, 0.29) is 17.8 Å². The minimum absolute atomic E-state index is 0.127. The van der Waals surface area contributed by atoms with E-state index in [1.54, 1.807) is 17.9 Å². The van der Waals surface area contributed by atoms with Crippen LogP contribution >= 0.6 is 11.8 Å². The van der Waals surface area contributed by atoms with Crippen molar-refractivity contribution in [2.75, 3.05) is 37.7 Å². The number of aryl methyl sites for hydroxylation is 1. The van der Waals surface area contributed by atoms with Crippen molar-refractivity contribution in [3.8, 4) is 0 Å². The maximum Gasteiger partial charge on any atom is 0.309 e. The van der Waals surface area contributed by atoms with Crippen molar-refractivity contribution in [3.63, 3.8) is 0 Å². The molecule has 1 aliphatic rings. The first-order chi connectivity index (χ1) is 15.4. The molecular formula is C23H32N4O4S. The number of anilines is 1. The molecule has 0 spiro atoms. The van der Waals surface area contributed by atoms with Crippen molar-refractivity contribution in [2.24, 2.45) is 5.92 Å². The minimum Gasteiger partial charge on any atom is -0.466 e. The lowest BCUT2D eigenvalue weighted by molar-refractivity contribution is -0.149. The van der Waals surface area contributed by atoms with Gasteiger partial charge in [-0.15, -0.1) is 0 Å². The highest BCUT2D eigenvalue weighted by atomic mass is 32.2. The fourth-order valence-electron chi connectivity index (χ4n) is 3.74. The number of ether oxygens (including phenoxy) is 1. The first kappa shape index (κ1) is 24.1. The van der Waals surface area contributed by atoms with Gasteiger partial charge < -0.3 is 19.0 Å². The van der Waals surface area contributed by atoms with Gasteiger partial charge in [0.25, 0.3) is 5.91 Å². The van der Waals surface area contributed by atoms with Crippen LogP contribution in [-0.2, 0) is 15.3 Å². The number of amides is 1. The van der Waals surface area contributed by atoms with Crippen LogP contribution in [0.15, 0.2) is 27.8 Å². The van der Waals surface area contributed by atoms with E-state index in [1.165, 1.54) is 11.8 Å². The summed E-state index contributed by atoms with van der Waals surface area (Å²) < 4.78 is 10.9. The second kappa shape index (κ2) is 11.4. The topological polar surface area (TPSA) is 88.8 Å². The van der Waals surface area contributed by atoms with Crippen LogP contribution in [0.25, 0.3) is 0 Å². The summed E-state index contributed by atoms with van der Waals surface area (Å²) in [5.41, 5.74) is 0.922. The van der Waals surface area contributed by atoms with Crippen molar-refractivity contribution < 1.29 is 18.7 Å². The molecule has 0 bridgehead atoms. The molecule has 0 unspecified atom stereocenters. The van der Waals surface area contributed by atoms with Crippen LogP contribution in [0.4, 0.5) is 5.82 Å². The van der Waals surface area contributed by atoms with Crippen LogP contribution in [0.5, 0.6) is 0 Å². The summed E-state index contributed by atoms with van der Waals surface area (Å²) in [7, 11) is 0. The second-order valence-electron chi connectivity index (χ2n) is 7.70. The lowest BCUT2D eigenvalue weighted by atomic mass is 9.97. The molecule has 3 heterocycles. The van der Waals surface area contributed by atoms with Crippen LogP contribution in [0.2, 0.25) is 0 Å². The second-order valence-corrected chi connectivity index (χ2v) is 8.64. The lowest BCUT2D eigenvalue weighted by Crippen LogP contribution is -2.40. The number of furan rings is 1. The largest absolute Gasteiger partial charge is 0.466 e. The number of carbonyl (C=O) groups is 2. The number of nitrogens with zero attached hydrogens (tertiary/aromatic N) is 4. The number of piperidine rings is 1. The summed E-state index contributed by atoms with van der Waals surface area (Å²) in [6.07, 6.45) is 1.24. The Labute approximate surface area is 193 Å². The van der Waals surface area contributed by atoms with Gasteiger partial charge >= 0.3 is 5.97 Å². The van der Waals surface area contributed by atoms with Gasteiger partial charge in [0.05, 0.1) is 18.3 Å². The monoisotopic (exact) mass is 460 g/mol. The molecule has 174 valence electrons. The van der Waals surface area contributed by atoms with E-state index >= 15 is 0 Å². The molecule has 0 aliphatic carbocycles. The SMILES string of the molecule is CCOC(=O)C1CCN(C(=O)c2ccc(CSc3nc(C)cc(N(CC)CC)n3)o2)CC1. The third-order valence-electron chi connectivity index (χ3n) is 5.53. The number of aromatic nitrogens is 2. The van der Waals surface area contributed by atoms with Crippen LogP contribution in [-0.4, -0.2) is 59.5 Å². The van der Waals surface area contributed by atoms with Crippen molar-refractivity contribution in [1.82, 2.24) is 14.9 Å². The Morgan fingerprint density at radius 1 is 1.19 bits per heavy atom. The van der Waals surface area contributed by atoms with E-state index in [1.807, 2.05) is 19.1 Å². The quantitative estimate of drug-likeness (QED) is 0.316. The van der Waals surface area contributed by atoms with Gasteiger partial charge in [0.2, 0.25) is 0 Å². The highest BCUT2D eigenvalue weighted by molar-refractivity contribution is 7.98. The molecule has 8 nitrogen and oxygen atoms in total. The normalized spacial score (nSPS) is 14.4. The average Bonchev–Trinajstić information content (AvgIpc) is 3.27. The Balaban J connectivity index is 1.56. The highest BCUT2D eigenvalue weighted by Crippen LogP contribution is 2.25. The Morgan fingerprint density at radius 3 is 2.56 bits per heavy atom. The molecule has 0 N–H and O–H groups in total.